The molecule has 134 valence electrons. The summed E-state index contributed by atoms with van der Waals surface area (Å²) in [6, 6.07) is 6.99. The maximum Gasteiger partial charge on any atom is 0.253 e. The van der Waals surface area contributed by atoms with Crippen molar-refractivity contribution in [3.8, 4) is 0 Å². The molecular formula is C15H13F4N3O2S. The summed E-state index contributed by atoms with van der Waals surface area (Å²) in [5.41, 5.74) is 0.359. The Morgan fingerprint density at radius 3 is 2.40 bits per heavy atom. The van der Waals surface area contributed by atoms with Crippen LogP contribution in [0, 0.1) is 23.5 Å². The lowest BCUT2D eigenvalue weighted by atomic mass is 10.2. The quantitative estimate of drug-likeness (QED) is 0.644. The van der Waals surface area contributed by atoms with Gasteiger partial charge in [-0.1, -0.05) is 18.2 Å². The lowest BCUT2D eigenvalue weighted by Gasteiger charge is -2.20. The van der Waals surface area contributed by atoms with E-state index in [1.54, 1.807) is 18.2 Å². The number of aromatic nitrogens is 1. The van der Waals surface area contributed by atoms with E-state index in [4.69, 9.17) is 0 Å². The van der Waals surface area contributed by atoms with Crippen LogP contribution in [0.25, 0.3) is 0 Å². The molecule has 0 fully saturated rings. The molecule has 1 N–H and O–H groups in total. The first kappa shape index (κ1) is 17.5. The third-order valence-electron chi connectivity index (χ3n) is 3.84. The first-order valence-electron chi connectivity index (χ1n) is 7.33. The van der Waals surface area contributed by atoms with E-state index in [1.807, 2.05) is 6.07 Å². The highest BCUT2D eigenvalue weighted by molar-refractivity contribution is 7.92. The number of hydrogen-bond acceptors (Lipinski definition) is 4. The number of pyridine rings is 1. The molecule has 0 atom stereocenters. The average molecular weight is 375 g/mol. The van der Waals surface area contributed by atoms with Crippen LogP contribution in [-0.4, -0.2) is 32.2 Å². The van der Waals surface area contributed by atoms with Gasteiger partial charge in [0.05, 0.1) is 11.4 Å². The van der Waals surface area contributed by atoms with Gasteiger partial charge in [0.25, 0.3) is 11.9 Å². The fourth-order valence-corrected chi connectivity index (χ4v) is 4.08. The van der Waals surface area contributed by atoms with Crippen molar-refractivity contribution < 1.29 is 26.0 Å². The molecule has 0 saturated heterocycles. The molecule has 1 aromatic heterocycles. The highest BCUT2D eigenvalue weighted by Gasteiger charge is 2.29. The van der Waals surface area contributed by atoms with Crippen LogP contribution in [-0.2, 0) is 16.4 Å². The van der Waals surface area contributed by atoms with Gasteiger partial charge in [-0.3, -0.25) is 4.31 Å². The van der Waals surface area contributed by atoms with Gasteiger partial charge in [-0.2, -0.15) is 22.5 Å². The van der Waals surface area contributed by atoms with Crippen molar-refractivity contribution in [2.45, 2.75) is 6.42 Å². The highest BCUT2D eigenvalue weighted by Crippen LogP contribution is 2.30. The number of nitrogens with one attached hydrogen (secondary N) is 1. The molecule has 25 heavy (non-hydrogen) atoms. The van der Waals surface area contributed by atoms with Crippen LogP contribution < -0.4 is 9.62 Å². The summed E-state index contributed by atoms with van der Waals surface area (Å²) in [6.07, 6.45) is 0.562. The summed E-state index contributed by atoms with van der Waals surface area (Å²) >= 11 is 0. The van der Waals surface area contributed by atoms with Crippen molar-refractivity contribution >= 4 is 21.4 Å². The molecule has 3 rings (SSSR count). The summed E-state index contributed by atoms with van der Waals surface area (Å²) in [6.45, 7) is -0.166. The zero-order chi connectivity index (χ0) is 18.2. The molecule has 0 saturated carbocycles. The predicted octanol–water partition coefficient (Wildman–Crippen LogP) is 2.44. The largest absolute Gasteiger partial charge is 0.379 e. The molecule has 1 aliphatic rings. The van der Waals surface area contributed by atoms with Gasteiger partial charge in [0.15, 0.2) is 0 Å². The molecular weight excluding hydrogens is 362 g/mol. The summed E-state index contributed by atoms with van der Waals surface area (Å²) in [5.74, 6) is -7.53. The fourth-order valence-electron chi connectivity index (χ4n) is 2.65. The maximum atomic E-state index is 13.5. The normalized spacial score (nSPS) is 13.8. The van der Waals surface area contributed by atoms with E-state index in [1.165, 1.54) is 4.31 Å². The van der Waals surface area contributed by atoms with E-state index in [2.05, 4.69) is 10.3 Å². The number of fused-ring (bicyclic) bond motifs is 1. The Bertz CT molecular complexity index is 895. The summed E-state index contributed by atoms with van der Waals surface area (Å²) in [5, 5.41) is 2.09. The van der Waals surface area contributed by atoms with Gasteiger partial charge in [0.1, 0.15) is 5.69 Å². The van der Waals surface area contributed by atoms with Crippen molar-refractivity contribution in [1.29, 1.82) is 0 Å². The highest BCUT2D eigenvalue weighted by atomic mass is 32.2. The second-order valence-electron chi connectivity index (χ2n) is 5.39. The Balaban J connectivity index is 1.73. The minimum Gasteiger partial charge on any atom is -0.379 e. The van der Waals surface area contributed by atoms with Crippen LogP contribution in [0.4, 0.5) is 28.9 Å². The maximum absolute atomic E-state index is 13.5. The number of rotatable bonds is 5. The van der Waals surface area contributed by atoms with Crippen molar-refractivity contribution in [2.24, 2.45) is 0 Å². The second-order valence-corrected chi connectivity index (χ2v) is 7.40. The summed E-state index contributed by atoms with van der Waals surface area (Å²) in [4.78, 5) is 2.43. The molecule has 2 aromatic rings. The molecule has 10 heteroatoms. The molecule has 1 aliphatic heterocycles. The number of anilines is 2. The van der Waals surface area contributed by atoms with Crippen molar-refractivity contribution in [2.75, 3.05) is 28.5 Å². The Labute approximate surface area is 141 Å². The van der Waals surface area contributed by atoms with E-state index < -0.39 is 51.5 Å². The standard InChI is InChI=1S/C15H13F4N3O2S/c16-11-13(12(17)15(19)21-14(11)18)20-6-8-25(23,24)22-7-5-9-3-1-2-4-10(9)22/h1-4H,5-8H2,(H,20,21). The zero-order valence-electron chi connectivity index (χ0n) is 12.8. The van der Waals surface area contributed by atoms with Gasteiger partial charge in [0.2, 0.25) is 21.7 Å². The predicted molar refractivity (Wildman–Crippen MR) is 83.8 cm³/mol. The van der Waals surface area contributed by atoms with E-state index in [0.717, 1.165) is 5.56 Å². The van der Waals surface area contributed by atoms with Gasteiger partial charge < -0.3 is 5.32 Å². The van der Waals surface area contributed by atoms with Crippen LogP contribution in [0.15, 0.2) is 24.3 Å². The molecule has 0 radical (unpaired) electrons. The van der Waals surface area contributed by atoms with E-state index in [-0.39, 0.29) is 6.54 Å². The van der Waals surface area contributed by atoms with Gasteiger partial charge in [-0.25, -0.2) is 8.42 Å². The number of hydrogen-bond donors (Lipinski definition) is 1. The van der Waals surface area contributed by atoms with E-state index >= 15 is 0 Å². The number of sulfonamides is 1. The second kappa shape index (κ2) is 6.51. The smallest absolute Gasteiger partial charge is 0.253 e. The third kappa shape index (κ3) is 3.26. The van der Waals surface area contributed by atoms with Gasteiger partial charge in [0, 0.05) is 13.1 Å². The Morgan fingerprint density at radius 2 is 1.72 bits per heavy atom. The SMILES string of the molecule is O=S(=O)(CCNc1c(F)c(F)nc(F)c1F)N1CCc2ccccc21. The lowest BCUT2D eigenvalue weighted by Crippen LogP contribution is -2.33. The molecule has 5 nitrogen and oxygen atoms in total. The third-order valence-corrected chi connectivity index (χ3v) is 5.61. The molecule has 2 heterocycles. The van der Waals surface area contributed by atoms with Gasteiger partial charge in [-0.15, -0.1) is 0 Å². The van der Waals surface area contributed by atoms with E-state index in [9.17, 15) is 26.0 Å². The van der Waals surface area contributed by atoms with Crippen LogP contribution in [0.1, 0.15) is 5.56 Å². The molecule has 0 amide bonds. The van der Waals surface area contributed by atoms with Crippen LogP contribution >= 0.6 is 0 Å². The molecule has 0 bridgehead atoms. The Hall–Kier alpha value is -2.36. The van der Waals surface area contributed by atoms with Crippen LogP contribution in [0.5, 0.6) is 0 Å². The zero-order valence-corrected chi connectivity index (χ0v) is 13.6. The number of nitrogens with zero attached hydrogens (tertiary/aromatic N) is 2. The summed E-state index contributed by atoms with van der Waals surface area (Å²) in [7, 11) is -3.77. The monoisotopic (exact) mass is 375 g/mol. The number of benzene rings is 1. The number of para-hydroxylation sites is 1. The van der Waals surface area contributed by atoms with Crippen molar-refractivity contribution in [1.82, 2.24) is 4.98 Å². The van der Waals surface area contributed by atoms with Gasteiger partial charge in [-0.05, 0) is 18.1 Å². The first-order valence-corrected chi connectivity index (χ1v) is 8.94. The van der Waals surface area contributed by atoms with Gasteiger partial charge >= 0.3 is 0 Å². The Morgan fingerprint density at radius 1 is 1.08 bits per heavy atom. The van der Waals surface area contributed by atoms with Crippen LogP contribution in [0.3, 0.4) is 0 Å². The molecule has 0 spiro atoms. The van der Waals surface area contributed by atoms with Crippen molar-refractivity contribution in [3.05, 3.63) is 53.4 Å². The first-order chi connectivity index (χ1) is 11.8. The lowest BCUT2D eigenvalue weighted by molar-refractivity contribution is 0.411. The molecule has 0 unspecified atom stereocenters. The minimum atomic E-state index is -3.77. The van der Waals surface area contributed by atoms with Crippen LogP contribution in [0.2, 0.25) is 0 Å². The topological polar surface area (TPSA) is 62.3 Å². The Kier molecular flexibility index (Phi) is 4.55. The fraction of sp³-hybridized carbons (Fsp3) is 0.267. The van der Waals surface area contributed by atoms with E-state index in [0.29, 0.717) is 12.1 Å². The number of halogens is 4. The minimum absolute atomic E-state index is 0.267. The average Bonchev–Trinajstić information content (AvgIpc) is 3.01. The van der Waals surface area contributed by atoms with Crippen molar-refractivity contribution in [3.63, 3.8) is 0 Å². The molecule has 1 aromatic carbocycles. The summed E-state index contributed by atoms with van der Waals surface area (Å²) < 4.78 is 79.1. The molecule has 0 aliphatic carbocycles.